The Hall–Kier alpha value is -3.41. The molecule has 31 heavy (non-hydrogen) atoms. The van der Waals surface area contributed by atoms with Crippen LogP contribution in [0.15, 0.2) is 49.7 Å². The van der Waals surface area contributed by atoms with Crippen molar-refractivity contribution in [3.05, 3.63) is 57.1 Å². The maximum Gasteiger partial charge on any atom is 0.425 e. The van der Waals surface area contributed by atoms with Gasteiger partial charge in [-0.1, -0.05) is 12.1 Å². The number of benzene rings is 1. The van der Waals surface area contributed by atoms with E-state index in [2.05, 4.69) is 15.8 Å². The topological polar surface area (TPSA) is 92.7 Å². The number of nitriles is 1. The lowest BCUT2D eigenvalue weighted by Crippen LogP contribution is -2.35. The summed E-state index contributed by atoms with van der Waals surface area (Å²) >= 11 is 0. The highest BCUT2D eigenvalue weighted by Crippen LogP contribution is 2.42. The highest BCUT2D eigenvalue weighted by atomic mass is 19.4. The van der Waals surface area contributed by atoms with Crippen molar-refractivity contribution in [3.63, 3.8) is 0 Å². The lowest BCUT2D eigenvalue weighted by molar-refractivity contribution is -0.214. The SMILES string of the molecule is CC1=NC(C)=C(C(=O)OC(C)C(F)(F)F)C(c2cccc3c(=O)cc(C)oc23)C1C#N. The molecule has 0 radical (unpaired) electrons. The summed E-state index contributed by atoms with van der Waals surface area (Å²) in [5.41, 5.74) is 0.521. The van der Waals surface area contributed by atoms with Crippen molar-refractivity contribution in [1.82, 2.24) is 0 Å². The summed E-state index contributed by atoms with van der Waals surface area (Å²) in [4.78, 5) is 29.4. The summed E-state index contributed by atoms with van der Waals surface area (Å²) in [6.45, 7) is 5.36. The number of fused-ring (bicyclic) bond motifs is 1. The van der Waals surface area contributed by atoms with Crippen LogP contribution in [0.25, 0.3) is 11.0 Å². The van der Waals surface area contributed by atoms with Gasteiger partial charge in [-0.2, -0.15) is 18.4 Å². The van der Waals surface area contributed by atoms with E-state index in [1.54, 1.807) is 26.0 Å². The highest BCUT2D eigenvalue weighted by Gasteiger charge is 2.43. The number of allylic oxidation sites excluding steroid dienone is 1. The van der Waals surface area contributed by atoms with Gasteiger partial charge in [-0.15, -0.1) is 0 Å². The van der Waals surface area contributed by atoms with Crippen LogP contribution in [-0.2, 0) is 9.53 Å². The molecule has 3 unspecified atom stereocenters. The minimum Gasteiger partial charge on any atom is -0.461 e. The minimum atomic E-state index is -4.74. The fourth-order valence-electron chi connectivity index (χ4n) is 3.66. The van der Waals surface area contributed by atoms with Crippen molar-refractivity contribution in [3.8, 4) is 6.07 Å². The van der Waals surface area contributed by atoms with E-state index < -0.39 is 30.1 Å². The van der Waals surface area contributed by atoms with Gasteiger partial charge in [-0.05, 0) is 33.8 Å². The molecule has 1 aliphatic heterocycles. The number of carbonyl (C=O) groups is 1. The molecule has 9 heteroatoms. The standard InChI is InChI=1S/C22H19F3N2O4/c1-10-8-17(28)14-6-5-7-15(20(14)30-10)19-16(9-26)11(2)27-12(3)18(19)21(29)31-13(4)22(23,24)25/h5-8,13,16,19H,1-4H3. The average Bonchev–Trinajstić information content (AvgIpc) is 2.66. The molecule has 0 N–H and O–H groups in total. The Balaban J connectivity index is 2.24. The molecule has 1 aromatic heterocycles. The smallest absolute Gasteiger partial charge is 0.425 e. The van der Waals surface area contributed by atoms with Crippen LogP contribution in [0.2, 0.25) is 0 Å². The number of rotatable bonds is 3. The molecule has 0 amide bonds. The Morgan fingerprint density at radius 3 is 2.58 bits per heavy atom. The number of alkyl halides is 3. The van der Waals surface area contributed by atoms with Crippen LogP contribution in [-0.4, -0.2) is 24.0 Å². The zero-order chi connectivity index (χ0) is 23.1. The number of ether oxygens (including phenoxy) is 1. The average molecular weight is 432 g/mol. The number of halogens is 3. The largest absolute Gasteiger partial charge is 0.461 e. The van der Waals surface area contributed by atoms with Gasteiger partial charge in [0.2, 0.25) is 0 Å². The van der Waals surface area contributed by atoms with Crippen molar-refractivity contribution >= 4 is 22.7 Å². The molecule has 0 bridgehead atoms. The molecule has 0 saturated heterocycles. The van der Waals surface area contributed by atoms with E-state index in [1.165, 1.54) is 19.1 Å². The molecule has 3 rings (SSSR count). The van der Waals surface area contributed by atoms with Crippen LogP contribution in [0.4, 0.5) is 13.2 Å². The molecule has 0 saturated carbocycles. The van der Waals surface area contributed by atoms with Crippen LogP contribution < -0.4 is 5.43 Å². The van der Waals surface area contributed by atoms with Crippen LogP contribution in [0.5, 0.6) is 0 Å². The first-order valence-electron chi connectivity index (χ1n) is 9.42. The molecule has 0 fully saturated rings. The monoisotopic (exact) mass is 432 g/mol. The van der Waals surface area contributed by atoms with Crippen LogP contribution in [0, 0.1) is 24.2 Å². The number of aliphatic imine (C=N–C) groups is 1. The molecule has 162 valence electrons. The quantitative estimate of drug-likeness (QED) is 0.663. The third kappa shape index (κ3) is 4.10. The first-order chi connectivity index (χ1) is 14.5. The molecule has 0 aliphatic carbocycles. The zero-order valence-corrected chi connectivity index (χ0v) is 17.2. The Bertz CT molecular complexity index is 1220. The van der Waals surface area contributed by atoms with Gasteiger partial charge in [-0.25, -0.2) is 4.79 Å². The zero-order valence-electron chi connectivity index (χ0n) is 17.2. The summed E-state index contributed by atoms with van der Waals surface area (Å²) in [5, 5.41) is 10.0. The lowest BCUT2D eigenvalue weighted by atomic mass is 9.76. The first kappa shape index (κ1) is 22.3. The van der Waals surface area contributed by atoms with Crippen molar-refractivity contribution in [2.24, 2.45) is 10.9 Å². The molecule has 2 heterocycles. The van der Waals surface area contributed by atoms with E-state index in [-0.39, 0.29) is 27.7 Å². The van der Waals surface area contributed by atoms with E-state index in [1.807, 2.05) is 0 Å². The van der Waals surface area contributed by atoms with Gasteiger partial charge in [0.1, 0.15) is 11.3 Å². The molecule has 1 aliphatic rings. The molecular weight excluding hydrogens is 413 g/mol. The molecular formula is C22H19F3N2O4. The highest BCUT2D eigenvalue weighted by molar-refractivity contribution is 5.99. The fourth-order valence-corrected chi connectivity index (χ4v) is 3.66. The van der Waals surface area contributed by atoms with E-state index >= 15 is 0 Å². The third-order valence-electron chi connectivity index (χ3n) is 5.18. The number of aryl methyl sites for hydroxylation is 1. The summed E-state index contributed by atoms with van der Waals surface area (Å²) in [7, 11) is 0. The Kier molecular flexibility index (Phi) is 5.77. The van der Waals surface area contributed by atoms with Gasteiger partial charge in [0.25, 0.3) is 0 Å². The minimum absolute atomic E-state index is 0.139. The molecule has 6 nitrogen and oxygen atoms in total. The van der Waals surface area contributed by atoms with Crippen molar-refractivity contribution in [2.75, 3.05) is 0 Å². The van der Waals surface area contributed by atoms with E-state index in [0.717, 1.165) is 6.92 Å². The van der Waals surface area contributed by atoms with Crippen LogP contribution in [0.1, 0.15) is 38.0 Å². The van der Waals surface area contributed by atoms with Crippen LogP contribution >= 0.6 is 0 Å². The first-order valence-corrected chi connectivity index (χ1v) is 9.42. The summed E-state index contributed by atoms with van der Waals surface area (Å²) in [6, 6.07) is 8.06. The Labute approximate surface area is 175 Å². The summed E-state index contributed by atoms with van der Waals surface area (Å²) in [6.07, 6.45) is -7.09. The van der Waals surface area contributed by atoms with Gasteiger partial charge >= 0.3 is 12.1 Å². The normalized spacial score (nSPS) is 20.3. The molecule has 3 atom stereocenters. The Morgan fingerprint density at radius 1 is 1.29 bits per heavy atom. The number of carbonyl (C=O) groups excluding carboxylic acids is 1. The van der Waals surface area contributed by atoms with Gasteiger partial charge in [0.15, 0.2) is 11.5 Å². The van der Waals surface area contributed by atoms with Gasteiger partial charge in [-0.3, -0.25) is 9.79 Å². The summed E-state index contributed by atoms with van der Waals surface area (Å²) < 4.78 is 49.3. The van der Waals surface area contributed by atoms with Gasteiger partial charge < -0.3 is 9.15 Å². The maximum atomic E-state index is 13.0. The Morgan fingerprint density at radius 2 is 1.97 bits per heavy atom. The number of hydrogen-bond donors (Lipinski definition) is 0. The second kappa shape index (κ2) is 8.02. The summed E-state index contributed by atoms with van der Waals surface area (Å²) in [5.74, 6) is -2.90. The fraction of sp³-hybridized carbons (Fsp3) is 0.364. The third-order valence-corrected chi connectivity index (χ3v) is 5.18. The van der Waals surface area contributed by atoms with E-state index in [9.17, 15) is 28.0 Å². The van der Waals surface area contributed by atoms with E-state index in [4.69, 9.17) is 4.42 Å². The van der Waals surface area contributed by atoms with E-state index in [0.29, 0.717) is 17.0 Å². The maximum absolute atomic E-state index is 13.0. The van der Waals surface area contributed by atoms with Crippen molar-refractivity contribution in [2.45, 2.75) is 45.9 Å². The van der Waals surface area contributed by atoms with Gasteiger partial charge in [0, 0.05) is 29.0 Å². The predicted molar refractivity (Wildman–Crippen MR) is 106 cm³/mol. The second-order valence-corrected chi connectivity index (χ2v) is 7.37. The lowest BCUT2D eigenvalue weighted by Gasteiger charge is -2.30. The van der Waals surface area contributed by atoms with Gasteiger partial charge in [0.05, 0.1) is 22.9 Å². The molecule has 0 spiro atoms. The number of esters is 1. The number of hydrogen-bond acceptors (Lipinski definition) is 6. The van der Waals surface area contributed by atoms with Crippen LogP contribution in [0.3, 0.4) is 0 Å². The molecule has 2 aromatic rings. The number of nitrogens with zero attached hydrogens (tertiary/aromatic N) is 2. The molecule has 1 aromatic carbocycles. The van der Waals surface area contributed by atoms with Crippen molar-refractivity contribution < 1.29 is 27.1 Å². The van der Waals surface area contributed by atoms with Crippen molar-refractivity contribution in [1.29, 1.82) is 5.26 Å². The second-order valence-electron chi connectivity index (χ2n) is 7.37. The predicted octanol–water partition coefficient (Wildman–Crippen LogP) is 4.57. The number of para-hydroxylation sites is 1.